The molecule has 0 radical (unpaired) electrons. The lowest BCUT2D eigenvalue weighted by Crippen LogP contribution is -2.19. The van der Waals surface area contributed by atoms with Crippen LogP contribution in [0.5, 0.6) is 17.5 Å². The second-order valence-electron chi connectivity index (χ2n) is 6.51. The van der Waals surface area contributed by atoms with Crippen molar-refractivity contribution in [2.75, 3.05) is 25.3 Å². The second-order valence-corrected chi connectivity index (χ2v) is 7.89. The number of hydrogen-bond acceptors (Lipinski definition) is 8. The van der Waals surface area contributed by atoms with Crippen LogP contribution < -0.4 is 14.8 Å². The van der Waals surface area contributed by atoms with Crippen molar-refractivity contribution in [3.8, 4) is 17.5 Å². The summed E-state index contributed by atoms with van der Waals surface area (Å²) in [5, 5.41) is 10.3. The Morgan fingerprint density at radius 3 is 2.55 bits per heavy atom. The third-order valence-corrected chi connectivity index (χ3v) is 4.89. The van der Waals surface area contributed by atoms with E-state index in [1.165, 1.54) is 18.3 Å². The lowest BCUT2D eigenvalue weighted by atomic mass is 10.2. The number of hydrogen-bond donors (Lipinski definition) is 1. The molecule has 0 bridgehead atoms. The summed E-state index contributed by atoms with van der Waals surface area (Å²) < 4.78 is 28.2. The molecule has 2 atom stereocenters. The quantitative estimate of drug-likeness (QED) is 0.538. The van der Waals surface area contributed by atoms with E-state index in [0.717, 1.165) is 0 Å². The molecule has 31 heavy (non-hydrogen) atoms. The number of pyridine rings is 1. The highest BCUT2D eigenvalue weighted by atomic mass is 32.2. The molecule has 0 saturated carbocycles. The van der Waals surface area contributed by atoms with Crippen LogP contribution in [0.1, 0.15) is 17.3 Å². The summed E-state index contributed by atoms with van der Waals surface area (Å²) in [5.41, 5.74) is 0.265. The molecule has 2 unspecified atom stereocenters. The Balaban J connectivity index is 1.86. The van der Waals surface area contributed by atoms with E-state index < -0.39 is 16.7 Å². The predicted molar refractivity (Wildman–Crippen MR) is 115 cm³/mol. The summed E-state index contributed by atoms with van der Waals surface area (Å²) in [4.78, 5) is 17.7. The lowest BCUT2D eigenvalue weighted by Gasteiger charge is -2.15. The number of anilines is 1. The van der Waals surface area contributed by atoms with E-state index >= 15 is 0 Å². The van der Waals surface area contributed by atoms with E-state index in [0.29, 0.717) is 23.1 Å². The molecule has 0 fully saturated rings. The van der Waals surface area contributed by atoms with E-state index in [1.54, 1.807) is 49.8 Å². The highest BCUT2D eigenvalue weighted by Crippen LogP contribution is 2.25. The van der Waals surface area contributed by atoms with Gasteiger partial charge in [-0.3, -0.25) is 9.00 Å². The maximum Gasteiger partial charge on any atom is 0.257 e. The van der Waals surface area contributed by atoms with Crippen LogP contribution in [0, 0.1) is 0 Å². The normalized spacial score (nSPS) is 12.6. The van der Waals surface area contributed by atoms with Gasteiger partial charge in [-0.2, -0.15) is 10.1 Å². The molecule has 3 aromatic rings. The van der Waals surface area contributed by atoms with Crippen LogP contribution >= 0.6 is 0 Å². The van der Waals surface area contributed by atoms with Gasteiger partial charge >= 0.3 is 0 Å². The highest BCUT2D eigenvalue weighted by molar-refractivity contribution is 7.84. The minimum absolute atomic E-state index is 0.164. The van der Waals surface area contributed by atoms with Gasteiger partial charge in [-0.1, -0.05) is 0 Å². The van der Waals surface area contributed by atoms with Crippen molar-refractivity contribution in [3.63, 3.8) is 0 Å². The molecule has 162 valence electrons. The first-order chi connectivity index (χ1) is 14.9. The number of nitrogens with zero attached hydrogens (tertiary/aromatic N) is 3. The number of nitrogens with one attached hydrogen (secondary N) is 1. The van der Waals surface area contributed by atoms with Crippen molar-refractivity contribution in [3.05, 3.63) is 60.3 Å². The van der Waals surface area contributed by atoms with Crippen LogP contribution in [-0.4, -0.2) is 51.4 Å². The fourth-order valence-electron chi connectivity index (χ4n) is 2.58. The number of benzene rings is 1. The Kier molecular flexibility index (Phi) is 7.63. The van der Waals surface area contributed by atoms with Crippen molar-refractivity contribution in [1.82, 2.24) is 15.2 Å². The largest absolute Gasteiger partial charge is 0.472 e. The van der Waals surface area contributed by atoms with Gasteiger partial charge in [0.1, 0.15) is 11.9 Å². The zero-order valence-electron chi connectivity index (χ0n) is 17.3. The first-order valence-corrected chi connectivity index (χ1v) is 10.9. The molecule has 0 saturated heterocycles. The van der Waals surface area contributed by atoms with Gasteiger partial charge in [-0.15, -0.1) is 5.10 Å². The monoisotopic (exact) mass is 442 g/mol. The fourth-order valence-corrected chi connectivity index (χ4v) is 3.10. The fraction of sp³-hybridized carbons (Fsp3) is 0.238. The van der Waals surface area contributed by atoms with E-state index in [4.69, 9.17) is 14.2 Å². The molecule has 1 amide bonds. The van der Waals surface area contributed by atoms with Gasteiger partial charge < -0.3 is 19.5 Å². The van der Waals surface area contributed by atoms with Crippen LogP contribution in [0.2, 0.25) is 0 Å². The average molecular weight is 442 g/mol. The zero-order chi connectivity index (χ0) is 22.2. The first kappa shape index (κ1) is 22.3. The van der Waals surface area contributed by atoms with Gasteiger partial charge in [-0.25, -0.2) is 0 Å². The number of methoxy groups -OCH3 is 1. The van der Waals surface area contributed by atoms with Crippen LogP contribution in [0.4, 0.5) is 5.82 Å². The smallest absolute Gasteiger partial charge is 0.257 e. The molecule has 0 spiro atoms. The van der Waals surface area contributed by atoms with Gasteiger partial charge in [0.15, 0.2) is 5.82 Å². The molecule has 2 aromatic heterocycles. The van der Waals surface area contributed by atoms with Gasteiger partial charge in [0.25, 0.3) is 5.91 Å². The third-order valence-electron chi connectivity index (χ3n) is 3.96. The maximum absolute atomic E-state index is 12.7. The van der Waals surface area contributed by atoms with Crippen molar-refractivity contribution in [1.29, 1.82) is 0 Å². The van der Waals surface area contributed by atoms with Gasteiger partial charge in [0, 0.05) is 47.4 Å². The Hall–Kier alpha value is -3.37. The van der Waals surface area contributed by atoms with Crippen molar-refractivity contribution >= 4 is 22.5 Å². The topological polar surface area (TPSA) is 113 Å². The molecule has 0 aliphatic rings. The summed E-state index contributed by atoms with van der Waals surface area (Å²) in [5.74, 6) is 0.734. The zero-order valence-corrected chi connectivity index (χ0v) is 18.1. The molecule has 1 N–H and O–H groups in total. The van der Waals surface area contributed by atoms with Crippen LogP contribution in [0.25, 0.3) is 0 Å². The summed E-state index contributed by atoms with van der Waals surface area (Å²) in [6.45, 7) is 2.17. The molecule has 0 aliphatic carbocycles. The van der Waals surface area contributed by atoms with E-state index in [-0.39, 0.29) is 23.4 Å². The van der Waals surface area contributed by atoms with Crippen LogP contribution in [0.15, 0.2) is 59.6 Å². The number of rotatable bonds is 9. The lowest BCUT2D eigenvalue weighted by molar-refractivity contribution is 0.0882. The Morgan fingerprint density at radius 2 is 1.90 bits per heavy atom. The van der Waals surface area contributed by atoms with E-state index in [2.05, 4.69) is 20.5 Å². The van der Waals surface area contributed by atoms with E-state index in [9.17, 15) is 9.00 Å². The molecule has 9 nitrogen and oxygen atoms in total. The molecular weight excluding hydrogens is 420 g/mol. The van der Waals surface area contributed by atoms with Gasteiger partial charge in [-0.05, 0) is 43.3 Å². The van der Waals surface area contributed by atoms with Crippen molar-refractivity contribution < 1.29 is 23.2 Å². The van der Waals surface area contributed by atoms with E-state index in [1.807, 2.05) is 6.92 Å². The Bertz CT molecular complexity index is 1050. The molecule has 1 aromatic carbocycles. The standard InChI is InChI=1S/C21H22N4O5S/c1-14(13-28-2)29-19-11-15(21(26)23-18-5-4-10-22-25-18)12-20(24-19)30-16-6-8-17(9-7-16)31(3)27/h4-12,14H,13H2,1-3H3,(H,23,25,26). The third kappa shape index (κ3) is 6.56. The summed E-state index contributed by atoms with van der Waals surface area (Å²) in [7, 11) is 0.476. The summed E-state index contributed by atoms with van der Waals surface area (Å²) >= 11 is 0. The number of carbonyl (C=O) groups is 1. The number of ether oxygens (including phenoxy) is 3. The van der Waals surface area contributed by atoms with Crippen molar-refractivity contribution in [2.45, 2.75) is 17.9 Å². The molecular formula is C21H22N4O5S. The van der Waals surface area contributed by atoms with Crippen LogP contribution in [0.3, 0.4) is 0 Å². The molecule has 2 heterocycles. The second kappa shape index (κ2) is 10.6. The molecule has 0 aliphatic heterocycles. The predicted octanol–water partition coefficient (Wildman–Crippen LogP) is 3.07. The minimum atomic E-state index is -1.09. The average Bonchev–Trinajstić information content (AvgIpc) is 2.75. The Morgan fingerprint density at radius 1 is 1.16 bits per heavy atom. The number of carbonyl (C=O) groups excluding carboxylic acids is 1. The highest BCUT2D eigenvalue weighted by Gasteiger charge is 2.15. The SMILES string of the molecule is COCC(C)Oc1cc(C(=O)Nc2cccnn2)cc(Oc2ccc(S(C)=O)cc2)n1. The van der Waals surface area contributed by atoms with Gasteiger partial charge in [0.05, 0.1) is 12.2 Å². The van der Waals surface area contributed by atoms with Gasteiger partial charge in [0.2, 0.25) is 11.8 Å². The maximum atomic E-state index is 12.7. The number of amides is 1. The minimum Gasteiger partial charge on any atom is -0.472 e. The number of aromatic nitrogens is 3. The Labute approximate surface area is 182 Å². The van der Waals surface area contributed by atoms with Crippen molar-refractivity contribution in [2.24, 2.45) is 0 Å². The van der Waals surface area contributed by atoms with Crippen LogP contribution in [-0.2, 0) is 15.5 Å². The summed E-state index contributed by atoms with van der Waals surface area (Å²) in [6.07, 6.45) is 2.82. The molecule has 10 heteroatoms. The first-order valence-electron chi connectivity index (χ1n) is 9.32. The molecule has 3 rings (SSSR count). The summed E-state index contributed by atoms with van der Waals surface area (Å²) in [6, 6.07) is 13.1.